The molecule has 0 radical (unpaired) electrons. The molecule has 2 rings (SSSR count). The Kier molecular flexibility index (Phi) is 7.88. The summed E-state index contributed by atoms with van der Waals surface area (Å²) in [4.78, 5) is 37.5. The molecule has 0 aliphatic heterocycles. The molecule has 0 atom stereocenters. The first-order chi connectivity index (χ1) is 13.4. The number of nitrogens with one attached hydrogen (secondary N) is 2. The van der Waals surface area contributed by atoms with Gasteiger partial charge in [-0.25, -0.2) is 4.79 Å². The molecule has 28 heavy (non-hydrogen) atoms. The molecule has 0 unspecified atom stereocenters. The van der Waals surface area contributed by atoms with Crippen molar-refractivity contribution in [3.05, 3.63) is 59.7 Å². The number of alkyl halides is 1. The van der Waals surface area contributed by atoms with Crippen LogP contribution in [0.2, 0.25) is 0 Å². The third kappa shape index (κ3) is 5.49. The van der Waals surface area contributed by atoms with Gasteiger partial charge in [0.15, 0.2) is 10.9 Å². The van der Waals surface area contributed by atoms with Crippen LogP contribution in [0.1, 0.15) is 22.8 Å². The van der Waals surface area contributed by atoms with Gasteiger partial charge in [-0.15, -0.1) is 0 Å². The van der Waals surface area contributed by atoms with Gasteiger partial charge in [0.25, 0.3) is 0 Å². The number of methoxy groups -OCH3 is 1. The number of hydrogen-bond acceptors (Lipinski definition) is 5. The second-order valence-corrected chi connectivity index (χ2v) is 6.65. The van der Waals surface area contributed by atoms with Crippen LogP contribution in [0.3, 0.4) is 0 Å². The van der Waals surface area contributed by atoms with Crippen LogP contribution >= 0.6 is 34.8 Å². The standard InChI is InChI=1S/C19H18IN3O4S/c1-12(24)21-15-9-8-14(17(25)13-6-4-3-5-7-13)10-16(15)23(11-20)18(28)22-19(26)27-2/h3-10H,11H2,1-2H3,(H,21,24)(H,22,26,28). The smallest absolute Gasteiger partial charge is 0.413 e. The number of ketones is 1. The summed E-state index contributed by atoms with van der Waals surface area (Å²) in [5.41, 5.74) is 1.90. The second kappa shape index (κ2) is 10.1. The highest BCUT2D eigenvalue weighted by Crippen LogP contribution is 2.29. The first kappa shape index (κ1) is 21.8. The van der Waals surface area contributed by atoms with E-state index in [0.29, 0.717) is 27.1 Å². The molecule has 0 heterocycles. The van der Waals surface area contributed by atoms with Crippen molar-refractivity contribution in [3.8, 4) is 0 Å². The van der Waals surface area contributed by atoms with E-state index in [1.807, 2.05) is 6.07 Å². The molecule has 146 valence electrons. The molecule has 0 saturated carbocycles. The molecule has 2 aromatic carbocycles. The number of rotatable bonds is 5. The normalized spacial score (nSPS) is 9.96. The van der Waals surface area contributed by atoms with Crippen molar-refractivity contribution in [1.29, 1.82) is 0 Å². The zero-order chi connectivity index (χ0) is 20.7. The zero-order valence-electron chi connectivity index (χ0n) is 15.2. The highest BCUT2D eigenvalue weighted by Gasteiger charge is 2.20. The lowest BCUT2D eigenvalue weighted by Gasteiger charge is -2.25. The van der Waals surface area contributed by atoms with Gasteiger partial charge in [0.2, 0.25) is 5.91 Å². The van der Waals surface area contributed by atoms with Crippen molar-refractivity contribution in [3.63, 3.8) is 0 Å². The third-order valence-corrected chi connectivity index (χ3v) is 4.66. The maximum Gasteiger partial charge on any atom is 0.413 e. The Balaban J connectivity index is 2.48. The summed E-state index contributed by atoms with van der Waals surface area (Å²) < 4.78 is 4.93. The van der Waals surface area contributed by atoms with E-state index in [9.17, 15) is 14.4 Å². The van der Waals surface area contributed by atoms with E-state index < -0.39 is 6.09 Å². The number of benzene rings is 2. The number of nitrogens with zero attached hydrogens (tertiary/aromatic N) is 1. The molecule has 0 bridgehead atoms. The number of alkyl carbamates (subject to hydrolysis) is 1. The SMILES string of the molecule is COC(=O)NC(=S)N(CI)c1cc(C(=O)c2ccccc2)ccc1NC(C)=O. The summed E-state index contributed by atoms with van der Waals surface area (Å²) in [6, 6.07) is 13.7. The van der Waals surface area contributed by atoms with Crippen molar-refractivity contribution < 1.29 is 19.1 Å². The van der Waals surface area contributed by atoms with Gasteiger partial charge in [0, 0.05) is 18.1 Å². The van der Waals surface area contributed by atoms with Crippen LogP contribution in [0.15, 0.2) is 48.5 Å². The summed E-state index contributed by atoms with van der Waals surface area (Å²) >= 11 is 7.35. The Labute approximate surface area is 181 Å². The molecule has 0 spiro atoms. The van der Waals surface area contributed by atoms with Gasteiger partial charge >= 0.3 is 6.09 Å². The van der Waals surface area contributed by atoms with Crippen molar-refractivity contribution in [2.24, 2.45) is 0 Å². The minimum absolute atomic E-state index is 0.0807. The third-order valence-electron chi connectivity index (χ3n) is 3.66. The van der Waals surface area contributed by atoms with E-state index in [4.69, 9.17) is 12.2 Å². The Hall–Kier alpha value is -2.53. The molecule has 0 saturated heterocycles. The fourth-order valence-corrected chi connectivity index (χ4v) is 3.57. The van der Waals surface area contributed by atoms with Gasteiger partial charge in [-0.1, -0.05) is 52.9 Å². The van der Waals surface area contributed by atoms with Gasteiger partial charge in [0.05, 0.1) is 23.0 Å². The van der Waals surface area contributed by atoms with E-state index in [-0.39, 0.29) is 16.8 Å². The van der Waals surface area contributed by atoms with E-state index >= 15 is 0 Å². The predicted octanol–water partition coefficient (Wildman–Crippen LogP) is 3.72. The molecule has 2 N–H and O–H groups in total. The minimum Gasteiger partial charge on any atom is -0.453 e. The topological polar surface area (TPSA) is 87.7 Å². The zero-order valence-corrected chi connectivity index (χ0v) is 18.2. The van der Waals surface area contributed by atoms with Crippen molar-refractivity contribution in [2.75, 3.05) is 21.9 Å². The molecule has 2 aromatic rings. The quantitative estimate of drug-likeness (QED) is 0.209. The van der Waals surface area contributed by atoms with Gasteiger partial charge < -0.3 is 15.0 Å². The Morgan fingerprint density at radius 1 is 1.11 bits per heavy atom. The van der Waals surface area contributed by atoms with Crippen molar-refractivity contribution in [1.82, 2.24) is 5.32 Å². The predicted molar refractivity (Wildman–Crippen MR) is 120 cm³/mol. The summed E-state index contributed by atoms with van der Waals surface area (Å²) in [6.07, 6.45) is -0.711. The van der Waals surface area contributed by atoms with Crippen LogP contribution in [-0.4, -0.2) is 34.6 Å². The Morgan fingerprint density at radius 3 is 2.36 bits per heavy atom. The number of halogens is 1. The van der Waals surface area contributed by atoms with Crippen LogP contribution in [0.4, 0.5) is 16.2 Å². The Bertz CT molecular complexity index is 905. The fourth-order valence-electron chi connectivity index (χ4n) is 2.38. The molecule has 7 nitrogen and oxygen atoms in total. The maximum atomic E-state index is 12.8. The van der Waals surface area contributed by atoms with Gasteiger partial charge in [-0.05, 0) is 30.4 Å². The molecule has 0 fully saturated rings. The average molecular weight is 511 g/mol. The number of anilines is 2. The van der Waals surface area contributed by atoms with E-state index in [0.717, 1.165) is 0 Å². The molecule has 0 aliphatic carbocycles. The molecule has 2 amide bonds. The van der Waals surface area contributed by atoms with Gasteiger partial charge in [-0.3, -0.25) is 14.9 Å². The minimum atomic E-state index is -0.711. The number of hydrogen-bond donors (Lipinski definition) is 2. The highest BCUT2D eigenvalue weighted by atomic mass is 127. The largest absolute Gasteiger partial charge is 0.453 e. The monoisotopic (exact) mass is 511 g/mol. The maximum absolute atomic E-state index is 12.8. The lowest BCUT2D eigenvalue weighted by atomic mass is 10.0. The highest BCUT2D eigenvalue weighted by molar-refractivity contribution is 14.1. The van der Waals surface area contributed by atoms with E-state index in [1.54, 1.807) is 47.4 Å². The molecule has 9 heteroatoms. The van der Waals surface area contributed by atoms with Crippen LogP contribution in [0, 0.1) is 0 Å². The van der Waals surface area contributed by atoms with Crippen LogP contribution in [0.5, 0.6) is 0 Å². The van der Waals surface area contributed by atoms with Crippen molar-refractivity contribution in [2.45, 2.75) is 6.92 Å². The lowest BCUT2D eigenvalue weighted by Crippen LogP contribution is -2.42. The first-order valence-electron chi connectivity index (χ1n) is 8.11. The Morgan fingerprint density at radius 2 is 1.79 bits per heavy atom. The molecular weight excluding hydrogens is 493 g/mol. The summed E-state index contributed by atoms with van der Waals surface area (Å²) in [5, 5.41) is 5.23. The first-order valence-corrected chi connectivity index (χ1v) is 10.0. The number of ether oxygens (including phenoxy) is 1. The van der Waals surface area contributed by atoms with Crippen molar-refractivity contribution >= 4 is 69.1 Å². The molecular formula is C19H18IN3O4S. The summed E-state index contributed by atoms with van der Waals surface area (Å²) in [6.45, 7) is 1.38. The van der Waals surface area contributed by atoms with Gasteiger partial charge in [-0.2, -0.15) is 0 Å². The van der Waals surface area contributed by atoms with Crippen LogP contribution in [0.25, 0.3) is 0 Å². The number of carbonyl (C=O) groups excluding carboxylic acids is 3. The fraction of sp³-hybridized carbons (Fsp3) is 0.158. The van der Waals surface area contributed by atoms with Gasteiger partial charge in [0.1, 0.15) is 0 Å². The average Bonchev–Trinajstić information content (AvgIpc) is 2.69. The lowest BCUT2D eigenvalue weighted by molar-refractivity contribution is -0.114. The van der Waals surface area contributed by atoms with Crippen LogP contribution in [-0.2, 0) is 9.53 Å². The van der Waals surface area contributed by atoms with E-state index in [1.165, 1.54) is 14.0 Å². The number of amides is 2. The number of thiocarbonyl (C=S) groups is 1. The van der Waals surface area contributed by atoms with Crippen LogP contribution < -0.4 is 15.5 Å². The molecule has 0 aliphatic rings. The number of carbonyl (C=O) groups is 3. The summed E-state index contributed by atoms with van der Waals surface area (Å²) in [7, 11) is 1.23. The molecule has 0 aromatic heterocycles. The second-order valence-electron chi connectivity index (χ2n) is 5.58. The van der Waals surface area contributed by atoms with E-state index in [2.05, 4.69) is 38.0 Å². The summed E-state index contributed by atoms with van der Waals surface area (Å²) in [5.74, 6) is -0.444.